The van der Waals surface area contributed by atoms with Crippen LogP contribution in [-0.2, 0) is 4.74 Å². The Kier molecular flexibility index (Phi) is 5.10. The van der Waals surface area contributed by atoms with Crippen LogP contribution in [-0.4, -0.2) is 35.0 Å². The lowest BCUT2D eigenvalue weighted by Crippen LogP contribution is -2.44. The molecule has 0 saturated carbocycles. The maximum Gasteiger partial charge on any atom is 0.319 e. The van der Waals surface area contributed by atoms with Gasteiger partial charge in [-0.1, -0.05) is 6.92 Å². The molecule has 24 heavy (non-hydrogen) atoms. The van der Waals surface area contributed by atoms with Crippen molar-refractivity contribution in [3.63, 3.8) is 0 Å². The highest BCUT2D eigenvalue weighted by molar-refractivity contribution is 5.89. The van der Waals surface area contributed by atoms with E-state index in [1.165, 1.54) is 0 Å². The van der Waals surface area contributed by atoms with E-state index in [-0.39, 0.29) is 18.2 Å². The quantitative estimate of drug-likeness (QED) is 0.879. The Morgan fingerprint density at radius 2 is 2.12 bits per heavy atom. The highest BCUT2D eigenvalue weighted by atomic mass is 16.5. The maximum absolute atomic E-state index is 12.2. The lowest BCUT2D eigenvalue weighted by atomic mass is 10.1. The lowest BCUT2D eigenvalue weighted by molar-refractivity contribution is 0.0804. The number of nitrogens with zero attached hydrogens (tertiary/aromatic N) is 2. The van der Waals surface area contributed by atoms with Crippen molar-refractivity contribution in [1.29, 1.82) is 0 Å². The van der Waals surface area contributed by atoms with Crippen LogP contribution in [0.1, 0.15) is 32.1 Å². The number of carbonyl (C=O) groups excluding carboxylic acids is 1. The van der Waals surface area contributed by atoms with Gasteiger partial charge in [-0.3, -0.25) is 0 Å². The summed E-state index contributed by atoms with van der Waals surface area (Å²) in [5.74, 6) is 0.985. The first-order chi connectivity index (χ1) is 11.7. The molecule has 0 radical (unpaired) electrons. The number of urea groups is 1. The number of hydrogen-bond acceptors (Lipinski definition) is 5. The van der Waals surface area contributed by atoms with Gasteiger partial charge in [0, 0.05) is 24.8 Å². The van der Waals surface area contributed by atoms with Crippen molar-refractivity contribution in [2.75, 3.05) is 11.9 Å². The summed E-state index contributed by atoms with van der Waals surface area (Å²) in [5.41, 5.74) is 1.52. The van der Waals surface area contributed by atoms with Gasteiger partial charge in [0.15, 0.2) is 0 Å². The molecule has 2 N–H and O–H groups in total. The minimum absolute atomic E-state index is 0.0353. The molecule has 2 heterocycles. The summed E-state index contributed by atoms with van der Waals surface area (Å²) >= 11 is 0. The van der Waals surface area contributed by atoms with Gasteiger partial charge in [-0.15, -0.1) is 10.2 Å². The third kappa shape index (κ3) is 3.91. The fourth-order valence-corrected chi connectivity index (χ4v) is 2.82. The number of benzene rings is 1. The first-order valence-corrected chi connectivity index (χ1v) is 8.25. The molecule has 2 atom stereocenters. The summed E-state index contributed by atoms with van der Waals surface area (Å²) in [6.07, 6.45) is 3.01. The van der Waals surface area contributed by atoms with E-state index in [9.17, 15) is 4.79 Å². The van der Waals surface area contributed by atoms with Gasteiger partial charge in [0.1, 0.15) is 0 Å². The highest BCUT2D eigenvalue weighted by Crippen LogP contribution is 2.20. The zero-order chi connectivity index (χ0) is 16.9. The second kappa shape index (κ2) is 7.44. The molecule has 1 aromatic carbocycles. The van der Waals surface area contributed by atoms with Crippen LogP contribution >= 0.6 is 0 Å². The summed E-state index contributed by atoms with van der Waals surface area (Å²) in [5, 5.41) is 13.6. The average Bonchev–Trinajstić information content (AvgIpc) is 3.25. The van der Waals surface area contributed by atoms with E-state index in [4.69, 9.17) is 9.15 Å². The summed E-state index contributed by atoms with van der Waals surface area (Å²) in [7, 11) is 0. The van der Waals surface area contributed by atoms with E-state index in [0.29, 0.717) is 17.5 Å². The monoisotopic (exact) mass is 330 g/mol. The van der Waals surface area contributed by atoms with Gasteiger partial charge in [0.05, 0.1) is 12.1 Å². The van der Waals surface area contributed by atoms with Gasteiger partial charge < -0.3 is 19.8 Å². The Hall–Kier alpha value is -2.41. The second-order valence-corrected chi connectivity index (χ2v) is 5.87. The molecule has 2 amide bonds. The van der Waals surface area contributed by atoms with Crippen molar-refractivity contribution in [3.05, 3.63) is 30.2 Å². The predicted octanol–water partition coefficient (Wildman–Crippen LogP) is 3.12. The predicted molar refractivity (Wildman–Crippen MR) is 89.7 cm³/mol. The number of aryl methyl sites for hydroxylation is 1. The van der Waals surface area contributed by atoms with Gasteiger partial charge in [0.25, 0.3) is 0 Å². The number of carbonyl (C=O) groups is 1. The maximum atomic E-state index is 12.2. The Morgan fingerprint density at radius 1 is 1.33 bits per heavy atom. The molecule has 7 nitrogen and oxygen atoms in total. The van der Waals surface area contributed by atoms with E-state index < -0.39 is 0 Å². The van der Waals surface area contributed by atoms with Crippen LogP contribution in [0.15, 0.2) is 28.7 Å². The van der Waals surface area contributed by atoms with Gasteiger partial charge in [0.2, 0.25) is 11.8 Å². The zero-order valence-corrected chi connectivity index (χ0v) is 13.9. The third-order valence-electron chi connectivity index (χ3n) is 4.09. The van der Waals surface area contributed by atoms with Crippen molar-refractivity contribution in [2.24, 2.45) is 0 Å². The van der Waals surface area contributed by atoms with Crippen LogP contribution in [0.5, 0.6) is 0 Å². The lowest BCUT2D eigenvalue weighted by Gasteiger charge is -2.23. The first kappa shape index (κ1) is 16.4. The van der Waals surface area contributed by atoms with Gasteiger partial charge >= 0.3 is 6.03 Å². The Balaban J connectivity index is 1.57. The molecular weight excluding hydrogens is 308 g/mol. The summed E-state index contributed by atoms with van der Waals surface area (Å²) in [6.45, 7) is 4.57. The van der Waals surface area contributed by atoms with E-state index in [2.05, 4.69) is 20.8 Å². The molecule has 3 rings (SSSR count). The minimum atomic E-state index is -0.223. The van der Waals surface area contributed by atoms with Crippen molar-refractivity contribution in [3.8, 4) is 11.5 Å². The normalized spacial score (nSPS) is 18.3. The molecule has 0 unspecified atom stereocenters. The number of ether oxygens (including phenoxy) is 1. The van der Waals surface area contributed by atoms with Crippen LogP contribution in [0.2, 0.25) is 0 Å². The standard InChI is InChI=1S/C17H22N4O3/c1-3-14(15-5-4-10-23-15)19-17(22)18-13-8-6-12(7-9-13)16-21-20-11(2)24-16/h6-9,14-15H,3-5,10H2,1-2H3,(H2,18,19,22)/t14-,15-/m1/s1. The molecule has 7 heteroatoms. The molecule has 1 saturated heterocycles. The fraction of sp³-hybridized carbons (Fsp3) is 0.471. The zero-order valence-electron chi connectivity index (χ0n) is 13.9. The van der Waals surface area contributed by atoms with Crippen molar-refractivity contribution < 1.29 is 13.9 Å². The summed E-state index contributed by atoms with van der Waals surface area (Å²) < 4.78 is 11.0. The van der Waals surface area contributed by atoms with Crippen LogP contribution < -0.4 is 10.6 Å². The van der Waals surface area contributed by atoms with Crippen molar-refractivity contribution in [2.45, 2.75) is 45.3 Å². The average molecular weight is 330 g/mol. The smallest absolute Gasteiger partial charge is 0.319 e. The fourth-order valence-electron chi connectivity index (χ4n) is 2.82. The molecule has 1 fully saturated rings. The SMILES string of the molecule is CC[C@@H](NC(=O)Nc1ccc(-c2nnc(C)o2)cc1)[C@H]1CCCO1. The number of rotatable bonds is 5. The van der Waals surface area contributed by atoms with Gasteiger partial charge in [-0.25, -0.2) is 4.79 Å². The van der Waals surface area contributed by atoms with Crippen molar-refractivity contribution >= 4 is 11.7 Å². The number of hydrogen-bond donors (Lipinski definition) is 2. The molecule has 2 aromatic rings. The molecule has 1 aromatic heterocycles. The Bertz CT molecular complexity index is 677. The third-order valence-corrected chi connectivity index (χ3v) is 4.09. The van der Waals surface area contributed by atoms with Crippen LogP contribution in [0, 0.1) is 6.92 Å². The number of aromatic nitrogens is 2. The van der Waals surface area contributed by atoms with Crippen molar-refractivity contribution in [1.82, 2.24) is 15.5 Å². The highest BCUT2D eigenvalue weighted by Gasteiger charge is 2.25. The molecule has 0 spiro atoms. The largest absolute Gasteiger partial charge is 0.421 e. The molecule has 128 valence electrons. The number of nitrogens with one attached hydrogen (secondary N) is 2. The molecule has 0 aliphatic carbocycles. The first-order valence-electron chi connectivity index (χ1n) is 8.25. The molecule has 1 aliphatic heterocycles. The number of amides is 2. The molecule has 1 aliphatic rings. The van der Waals surface area contributed by atoms with E-state index in [1.54, 1.807) is 6.92 Å². The topological polar surface area (TPSA) is 89.3 Å². The summed E-state index contributed by atoms with van der Waals surface area (Å²) in [6, 6.07) is 7.09. The van der Waals surface area contributed by atoms with E-state index >= 15 is 0 Å². The van der Waals surface area contributed by atoms with Crippen LogP contribution in [0.3, 0.4) is 0 Å². The molecule has 0 bridgehead atoms. The van der Waals surface area contributed by atoms with Gasteiger partial charge in [-0.2, -0.15) is 0 Å². The van der Waals surface area contributed by atoms with Crippen LogP contribution in [0.25, 0.3) is 11.5 Å². The number of anilines is 1. The second-order valence-electron chi connectivity index (χ2n) is 5.87. The summed E-state index contributed by atoms with van der Waals surface area (Å²) in [4.78, 5) is 12.2. The van der Waals surface area contributed by atoms with E-state index in [1.807, 2.05) is 31.2 Å². The molecular formula is C17H22N4O3. The minimum Gasteiger partial charge on any atom is -0.421 e. The Morgan fingerprint density at radius 3 is 2.71 bits per heavy atom. The van der Waals surface area contributed by atoms with Gasteiger partial charge in [-0.05, 0) is 43.5 Å². The Labute approximate surface area is 140 Å². The van der Waals surface area contributed by atoms with Crippen LogP contribution in [0.4, 0.5) is 10.5 Å². The van der Waals surface area contributed by atoms with E-state index in [0.717, 1.165) is 31.4 Å².